The molecule has 0 aliphatic carbocycles. The van der Waals surface area contributed by atoms with E-state index in [-0.39, 0.29) is 11.6 Å². The highest BCUT2D eigenvalue weighted by atomic mass is 79.9. The molecule has 1 aromatic heterocycles. The third-order valence-electron chi connectivity index (χ3n) is 2.31. The lowest BCUT2D eigenvalue weighted by atomic mass is 10.2. The van der Waals surface area contributed by atoms with E-state index in [1.165, 1.54) is 12.1 Å². The summed E-state index contributed by atoms with van der Waals surface area (Å²) in [7, 11) is 0. The Kier molecular flexibility index (Phi) is 4.34. The topological polar surface area (TPSA) is 65.3 Å². The van der Waals surface area contributed by atoms with Crippen LogP contribution in [0.4, 0.5) is 5.69 Å². The first-order chi connectivity index (χ1) is 9.10. The lowest BCUT2D eigenvalue weighted by molar-refractivity contribution is -0.385. The average molecular weight is 344 g/mol. The van der Waals surface area contributed by atoms with E-state index in [1.54, 1.807) is 24.5 Å². The van der Waals surface area contributed by atoms with Gasteiger partial charge in [0.05, 0.1) is 17.0 Å². The first-order valence-electron chi connectivity index (χ1n) is 5.22. The van der Waals surface area contributed by atoms with Gasteiger partial charge in [-0.1, -0.05) is 0 Å². The number of nitrogens with zero attached hydrogens (tertiary/aromatic N) is 2. The molecular formula is C12H8BrClN2O3. The number of rotatable bonds is 4. The molecule has 98 valence electrons. The largest absolute Gasteiger partial charge is 0.456 e. The summed E-state index contributed by atoms with van der Waals surface area (Å²) in [6, 6.07) is 6.19. The van der Waals surface area contributed by atoms with Gasteiger partial charge in [0.25, 0.3) is 5.69 Å². The molecule has 0 atom stereocenters. The fourth-order valence-corrected chi connectivity index (χ4v) is 2.05. The van der Waals surface area contributed by atoms with Crippen LogP contribution in [0.2, 0.25) is 0 Å². The molecule has 0 saturated heterocycles. The van der Waals surface area contributed by atoms with Crippen molar-refractivity contribution in [3.8, 4) is 11.5 Å². The summed E-state index contributed by atoms with van der Waals surface area (Å²) in [5, 5.41) is 10.8. The molecule has 0 amide bonds. The van der Waals surface area contributed by atoms with Gasteiger partial charge in [0.2, 0.25) is 0 Å². The summed E-state index contributed by atoms with van der Waals surface area (Å²) < 4.78 is 6.34. The molecule has 5 nitrogen and oxygen atoms in total. The number of halogens is 2. The Morgan fingerprint density at radius 1 is 1.32 bits per heavy atom. The Morgan fingerprint density at radius 2 is 2.11 bits per heavy atom. The molecule has 2 aromatic rings. The summed E-state index contributed by atoms with van der Waals surface area (Å²) in [6.45, 7) is 0. The molecule has 7 heteroatoms. The molecule has 0 aliphatic rings. The predicted octanol–water partition coefficient (Wildman–Crippen LogP) is 4.28. The van der Waals surface area contributed by atoms with Gasteiger partial charge in [-0.2, -0.15) is 0 Å². The van der Waals surface area contributed by atoms with E-state index >= 15 is 0 Å². The zero-order chi connectivity index (χ0) is 13.8. The van der Waals surface area contributed by atoms with E-state index in [4.69, 9.17) is 16.3 Å². The third-order valence-corrected chi connectivity index (χ3v) is 3.03. The van der Waals surface area contributed by atoms with Crippen LogP contribution in [-0.4, -0.2) is 9.91 Å². The van der Waals surface area contributed by atoms with E-state index in [0.29, 0.717) is 17.1 Å². The Hall–Kier alpha value is -1.66. The van der Waals surface area contributed by atoms with Gasteiger partial charge in [-0.25, -0.2) is 0 Å². The fourth-order valence-electron chi connectivity index (χ4n) is 1.49. The molecular weight excluding hydrogens is 336 g/mol. The minimum Gasteiger partial charge on any atom is -0.456 e. The van der Waals surface area contributed by atoms with Crippen molar-refractivity contribution in [2.75, 3.05) is 0 Å². The quantitative estimate of drug-likeness (QED) is 0.472. The van der Waals surface area contributed by atoms with Crippen molar-refractivity contribution in [3.05, 3.63) is 56.8 Å². The van der Waals surface area contributed by atoms with Crippen LogP contribution in [0.25, 0.3) is 0 Å². The molecule has 0 bridgehead atoms. The SMILES string of the molecule is O=[N+]([O-])c1ccc(Oc2cncc(Br)c2)cc1CCl. The molecule has 2 rings (SSSR count). The average Bonchev–Trinajstić information content (AvgIpc) is 2.38. The number of aromatic nitrogens is 1. The van der Waals surface area contributed by atoms with Crippen LogP contribution in [0, 0.1) is 10.1 Å². The van der Waals surface area contributed by atoms with Gasteiger partial charge in [0.1, 0.15) is 11.5 Å². The first-order valence-corrected chi connectivity index (χ1v) is 6.54. The van der Waals surface area contributed by atoms with Crippen LogP contribution in [0.5, 0.6) is 11.5 Å². The molecule has 0 unspecified atom stereocenters. The maximum Gasteiger partial charge on any atom is 0.274 e. The summed E-state index contributed by atoms with van der Waals surface area (Å²) in [6.07, 6.45) is 3.18. The van der Waals surface area contributed by atoms with Gasteiger partial charge < -0.3 is 4.74 Å². The van der Waals surface area contributed by atoms with Crippen LogP contribution in [0.15, 0.2) is 41.1 Å². The lowest BCUT2D eigenvalue weighted by Gasteiger charge is -2.07. The zero-order valence-corrected chi connectivity index (χ0v) is 11.9. The van der Waals surface area contributed by atoms with Crippen molar-refractivity contribution in [3.63, 3.8) is 0 Å². The van der Waals surface area contributed by atoms with Crippen molar-refractivity contribution >= 4 is 33.2 Å². The standard InChI is InChI=1S/C12H8BrClN2O3/c13-9-4-11(7-15-6-9)19-10-1-2-12(16(17)18)8(3-10)5-14/h1-4,6-7H,5H2. The molecule has 0 N–H and O–H groups in total. The molecule has 0 saturated carbocycles. The highest BCUT2D eigenvalue weighted by Crippen LogP contribution is 2.29. The van der Waals surface area contributed by atoms with Gasteiger partial charge in [0, 0.05) is 22.3 Å². The number of pyridine rings is 1. The number of hydrogen-bond donors (Lipinski definition) is 0. The number of hydrogen-bond acceptors (Lipinski definition) is 4. The van der Waals surface area contributed by atoms with Crippen molar-refractivity contribution in [2.24, 2.45) is 0 Å². The molecule has 0 aliphatic heterocycles. The van der Waals surface area contributed by atoms with Crippen molar-refractivity contribution in [1.82, 2.24) is 4.98 Å². The highest BCUT2D eigenvalue weighted by molar-refractivity contribution is 9.10. The maximum absolute atomic E-state index is 10.8. The summed E-state index contributed by atoms with van der Waals surface area (Å²) in [4.78, 5) is 14.3. The second-order valence-corrected chi connectivity index (χ2v) is 4.81. The van der Waals surface area contributed by atoms with Gasteiger partial charge in [0.15, 0.2) is 0 Å². The smallest absolute Gasteiger partial charge is 0.274 e. The molecule has 0 spiro atoms. The van der Waals surface area contributed by atoms with Crippen LogP contribution in [-0.2, 0) is 5.88 Å². The van der Waals surface area contributed by atoms with Crippen LogP contribution in [0.1, 0.15) is 5.56 Å². The Labute approximate surface area is 122 Å². The van der Waals surface area contributed by atoms with Gasteiger partial charge >= 0.3 is 0 Å². The number of alkyl halides is 1. The molecule has 0 radical (unpaired) electrons. The maximum atomic E-state index is 10.8. The van der Waals surface area contributed by atoms with E-state index in [0.717, 1.165) is 4.47 Å². The lowest BCUT2D eigenvalue weighted by Crippen LogP contribution is -1.94. The Morgan fingerprint density at radius 3 is 2.74 bits per heavy atom. The molecule has 0 fully saturated rings. The van der Waals surface area contributed by atoms with E-state index in [1.807, 2.05) is 0 Å². The zero-order valence-electron chi connectivity index (χ0n) is 9.55. The number of nitro groups is 1. The number of nitro benzene ring substituents is 1. The summed E-state index contributed by atoms with van der Waals surface area (Å²) >= 11 is 8.98. The van der Waals surface area contributed by atoms with E-state index < -0.39 is 4.92 Å². The van der Waals surface area contributed by atoms with Crippen molar-refractivity contribution < 1.29 is 9.66 Å². The van der Waals surface area contributed by atoms with Crippen LogP contribution in [0.3, 0.4) is 0 Å². The summed E-state index contributed by atoms with van der Waals surface area (Å²) in [5.74, 6) is 1.05. The minimum absolute atomic E-state index is 0.0188. The number of ether oxygens (including phenoxy) is 1. The second kappa shape index (κ2) is 5.99. The molecule has 1 aromatic carbocycles. The second-order valence-electron chi connectivity index (χ2n) is 3.62. The Balaban J connectivity index is 2.29. The first kappa shape index (κ1) is 13.8. The Bertz CT molecular complexity index is 622. The van der Waals surface area contributed by atoms with Crippen LogP contribution >= 0.6 is 27.5 Å². The summed E-state index contributed by atoms with van der Waals surface area (Å²) in [5.41, 5.74) is 0.391. The van der Waals surface area contributed by atoms with Crippen molar-refractivity contribution in [2.45, 2.75) is 5.88 Å². The van der Waals surface area contributed by atoms with Crippen molar-refractivity contribution in [1.29, 1.82) is 0 Å². The number of benzene rings is 1. The molecule has 1 heterocycles. The van der Waals surface area contributed by atoms with E-state index in [2.05, 4.69) is 20.9 Å². The van der Waals surface area contributed by atoms with Crippen LogP contribution < -0.4 is 4.74 Å². The van der Waals surface area contributed by atoms with Gasteiger partial charge in [-0.15, -0.1) is 11.6 Å². The highest BCUT2D eigenvalue weighted by Gasteiger charge is 2.14. The van der Waals surface area contributed by atoms with E-state index in [9.17, 15) is 10.1 Å². The minimum atomic E-state index is -0.470. The fraction of sp³-hybridized carbons (Fsp3) is 0.0833. The monoisotopic (exact) mass is 342 g/mol. The normalized spacial score (nSPS) is 10.2. The predicted molar refractivity (Wildman–Crippen MR) is 74.7 cm³/mol. The van der Waals surface area contributed by atoms with Gasteiger partial charge in [-0.3, -0.25) is 15.1 Å². The molecule has 19 heavy (non-hydrogen) atoms. The van der Waals surface area contributed by atoms with Gasteiger partial charge in [-0.05, 0) is 34.1 Å². The third kappa shape index (κ3) is 3.42.